The van der Waals surface area contributed by atoms with Crippen molar-refractivity contribution in [2.45, 2.75) is 31.9 Å². The maximum absolute atomic E-state index is 13.2. The van der Waals surface area contributed by atoms with Crippen LogP contribution in [-0.4, -0.2) is 17.2 Å². The van der Waals surface area contributed by atoms with E-state index in [1.807, 2.05) is 79.7 Å². The van der Waals surface area contributed by atoms with Crippen LogP contribution in [0.3, 0.4) is 0 Å². The highest BCUT2D eigenvalue weighted by atomic mass is 32.2. The molecule has 0 aliphatic rings. The second kappa shape index (κ2) is 10.3. The number of pyridine rings is 1. The summed E-state index contributed by atoms with van der Waals surface area (Å²) in [5.41, 5.74) is 1.79. The van der Waals surface area contributed by atoms with Crippen LogP contribution in [0.1, 0.15) is 43.2 Å². The zero-order valence-corrected chi connectivity index (χ0v) is 18.6. The van der Waals surface area contributed by atoms with Crippen LogP contribution in [0, 0.1) is 5.92 Å². The average molecular weight is 422 g/mol. The van der Waals surface area contributed by atoms with E-state index >= 15 is 0 Å². The zero-order valence-electron chi connectivity index (χ0n) is 17.7. The molecule has 0 amide bonds. The van der Waals surface area contributed by atoms with E-state index in [0.717, 1.165) is 22.8 Å². The first-order valence-corrected chi connectivity index (χ1v) is 10.9. The highest BCUT2D eigenvalue weighted by Crippen LogP contribution is 2.37. The second-order valence-corrected chi connectivity index (χ2v) is 8.74. The molecule has 0 N–H and O–H groups in total. The lowest BCUT2D eigenvalue weighted by molar-refractivity contribution is -0.113. The molecular formula is C25H27NO3S. The number of methoxy groups -OCH3 is 1. The fourth-order valence-corrected chi connectivity index (χ4v) is 4.41. The van der Waals surface area contributed by atoms with Gasteiger partial charge in [-0.05, 0) is 48.7 Å². The number of thioether (sulfide) groups is 1. The largest absolute Gasteiger partial charge is 0.497 e. The third-order valence-electron chi connectivity index (χ3n) is 4.79. The lowest BCUT2D eigenvalue weighted by Crippen LogP contribution is -2.16. The molecule has 1 aromatic heterocycles. The molecule has 30 heavy (non-hydrogen) atoms. The summed E-state index contributed by atoms with van der Waals surface area (Å²) in [6.45, 7) is 6.14. The second-order valence-electron chi connectivity index (χ2n) is 7.39. The Morgan fingerprint density at radius 1 is 0.900 bits per heavy atom. The average Bonchev–Trinajstić information content (AvgIpc) is 2.74. The molecule has 0 aliphatic heterocycles. The first-order chi connectivity index (χ1) is 14.5. The smallest absolute Gasteiger partial charge is 0.219 e. The minimum absolute atomic E-state index is 0.0938. The van der Waals surface area contributed by atoms with Crippen molar-refractivity contribution in [1.82, 2.24) is 4.98 Å². The minimum atomic E-state index is -0.212. The molecule has 0 saturated heterocycles. The number of ether oxygens (including phenoxy) is 2. The third-order valence-corrected chi connectivity index (χ3v) is 5.87. The Bertz CT molecular complexity index is 975. The van der Waals surface area contributed by atoms with Gasteiger partial charge >= 0.3 is 0 Å². The normalized spacial score (nSPS) is 13.0. The molecule has 2 atom stereocenters. The van der Waals surface area contributed by atoms with Crippen LogP contribution in [0.25, 0.3) is 0 Å². The van der Waals surface area contributed by atoms with E-state index in [1.54, 1.807) is 7.11 Å². The molecule has 0 aliphatic carbocycles. The molecule has 0 spiro atoms. The summed E-state index contributed by atoms with van der Waals surface area (Å²) in [6, 6.07) is 23.0. The topological polar surface area (TPSA) is 48.4 Å². The van der Waals surface area contributed by atoms with Crippen molar-refractivity contribution in [3.63, 3.8) is 0 Å². The van der Waals surface area contributed by atoms with Crippen molar-refractivity contribution >= 4 is 16.9 Å². The highest BCUT2D eigenvalue weighted by molar-refractivity contribution is 8.13. The summed E-state index contributed by atoms with van der Waals surface area (Å²) in [4.78, 5) is 17.8. The standard InChI is InChI=1S/C25H27NO3S/c1-17(2)24(19-10-8-13-21(16-19)28-4)25(27)30-18(3)22-14-9-15-23(26-22)29-20-11-6-5-7-12-20/h5-18,24H,1-4H3. The summed E-state index contributed by atoms with van der Waals surface area (Å²) < 4.78 is 11.2. The monoisotopic (exact) mass is 421 g/mol. The number of aromatic nitrogens is 1. The number of hydrogen-bond acceptors (Lipinski definition) is 5. The van der Waals surface area contributed by atoms with Crippen LogP contribution in [-0.2, 0) is 4.79 Å². The Kier molecular flexibility index (Phi) is 7.52. The van der Waals surface area contributed by atoms with Crippen molar-refractivity contribution in [2.75, 3.05) is 7.11 Å². The molecule has 1 heterocycles. The van der Waals surface area contributed by atoms with Gasteiger partial charge in [0.2, 0.25) is 5.88 Å². The fourth-order valence-electron chi connectivity index (χ4n) is 3.26. The van der Waals surface area contributed by atoms with Crippen LogP contribution >= 0.6 is 11.8 Å². The number of benzene rings is 2. The quantitative estimate of drug-likeness (QED) is 0.408. The summed E-state index contributed by atoms with van der Waals surface area (Å²) in [5, 5.41) is 0.0330. The van der Waals surface area contributed by atoms with Gasteiger partial charge in [-0.15, -0.1) is 0 Å². The molecule has 5 heteroatoms. The number of para-hydroxylation sites is 1. The van der Waals surface area contributed by atoms with Crippen molar-refractivity contribution in [3.05, 3.63) is 84.1 Å². The number of rotatable bonds is 8. The molecule has 3 rings (SSSR count). The van der Waals surface area contributed by atoms with E-state index in [-0.39, 0.29) is 22.2 Å². The predicted molar refractivity (Wildman–Crippen MR) is 122 cm³/mol. The maximum atomic E-state index is 13.2. The Morgan fingerprint density at radius 2 is 1.60 bits per heavy atom. The van der Waals surface area contributed by atoms with Gasteiger partial charge in [-0.3, -0.25) is 4.79 Å². The lowest BCUT2D eigenvalue weighted by Gasteiger charge is -2.22. The molecule has 0 fully saturated rings. The molecular weight excluding hydrogens is 394 g/mol. The molecule has 3 aromatic rings. The van der Waals surface area contributed by atoms with E-state index in [0.29, 0.717) is 5.88 Å². The molecule has 2 unspecified atom stereocenters. The van der Waals surface area contributed by atoms with E-state index in [2.05, 4.69) is 18.8 Å². The van der Waals surface area contributed by atoms with E-state index in [9.17, 15) is 4.79 Å². The highest BCUT2D eigenvalue weighted by Gasteiger charge is 2.27. The summed E-state index contributed by atoms with van der Waals surface area (Å²) in [7, 11) is 1.64. The van der Waals surface area contributed by atoms with Gasteiger partial charge in [-0.2, -0.15) is 0 Å². The van der Waals surface area contributed by atoms with Gasteiger partial charge in [0, 0.05) is 6.07 Å². The van der Waals surface area contributed by atoms with Gasteiger partial charge in [-0.1, -0.05) is 62.0 Å². The summed E-state index contributed by atoms with van der Waals surface area (Å²) >= 11 is 1.31. The van der Waals surface area contributed by atoms with Gasteiger partial charge in [0.15, 0.2) is 5.12 Å². The number of nitrogens with zero attached hydrogens (tertiary/aromatic N) is 1. The first-order valence-electron chi connectivity index (χ1n) is 10.0. The minimum Gasteiger partial charge on any atom is -0.497 e. The SMILES string of the molecule is COc1cccc(C(C(=O)SC(C)c2cccc(Oc3ccccc3)n2)C(C)C)c1. The number of carbonyl (C=O) groups is 1. The van der Waals surface area contributed by atoms with E-state index in [4.69, 9.17) is 9.47 Å². The van der Waals surface area contributed by atoms with Crippen LogP contribution in [0.2, 0.25) is 0 Å². The Labute approximate surface area is 182 Å². The molecule has 0 bridgehead atoms. The van der Waals surface area contributed by atoms with Gasteiger partial charge < -0.3 is 9.47 Å². The Hall–Kier alpha value is -2.79. The van der Waals surface area contributed by atoms with Crippen molar-refractivity contribution in [2.24, 2.45) is 5.92 Å². The number of hydrogen-bond donors (Lipinski definition) is 0. The Morgan fingerprint density at radius 3 is 2.30 bits per heavy atom. The summed E-state index contributed by atoms with van der Waals surface area (Å²) in [6.07, 6.45) is 0. The third kappa shape index (κ3) is 5.63. The van der Waals surface area contributed by atoms with Gasteiger partial charge in [0.1, 0.15) is 11.5 Å². The molecule has 4 nitrogen and oxygen atoms in total. The lowest BCUT2D eigenvalue weighted by atomic mass is 9.89. The van der Waals surface area contributed by atoms with Gasteiger partial charge in [-0.25, -0.2) is 4.98 Å². The summed E-state index contributed by atoms with van der Waals surface area (Å²) in [5.74, 6) is 1.97. The van der Waals surface area contributed by atoms with Crippen LogP contribution in [0.5, 0.6) is 17.4 Å². The Balaban J connectivity index is 1.74. The van der Waals surface area contributed by atoms with E-state index in [1.165, 1.54) is 11.8 Å². The van der Waals surface area contributed by atoms with Crippen LogP contribution < -0.4 is 9.47 Å². The van der Waals surface area contributed by atoms with E-state index < -0.39 is 0 Å². The van der Waals surface area contributed by atoms with Crippen LogP contribution in [0.15, 0.2) is 72.8 Å². The first kappa shape index (κ1) is 21.9. The molecule has 0 radical (unpaired) electrons. The van der Waals surface area contributed by atoms with Gasteiger partial charge in [0.05, 0.1) is 24.0 Å². The van der Waals surface area contributed by atoms with Crippen molar-refractivity contribution < 1.29 is 14.3 Å². The predicted octanol–water partition coefficient (Wildman–Crippen LogP) is 6.64. The maximum Gasteiger partial charge on any atom is 0.219 e. The number of carbonyl (C=O) groups excluding carboxylic acids is 1. The molecule has 2 aromatic carbocycles. The molecule has 156 valence electrons. The molecule has 0 saturated carbocycles. The fraction of sp³-hybridized carbons (Fsp3) is 0.280. The van der Waals surface area contributed by atoms with Crippen molar-refractivity contribution in [3.8, 4) is 17.4 Å². The van der Waals surface area contributed by atoms with Gasteiger partial charge in [0.25, 0.3) is 0 Å². The van der Waals surface area contributed by atoms with Crippen molar-refractivity contribution in [1.29, 1.82) is 0 Å². The van der Waals surface area contributed by atoms with Crippen LogP contribution in [0.4, 0.5) is 0 Å². The zero-order chi connectivity index (χ0) is 21.5.